The molecule has 0 aliphatic carbocycles. The largest absolute Gasteiger partial charge is 0.486 e. The number of carbonyl (C=O) groups is 1. The summed E-state index contributed by atoms with van der Waals surface area (Å²) < 4.78 is 11.3. The van der Waals surface area contributed by atoms with Gasteiger partial charge in [-0.15, -0.1) is 0 Å². The van der Waals surface area contributed by atoms with Crippen LogP contribution in [0.5, 0.6) is 11.5 Å². The average molecular weight is 391 g/mol. The number of ether oxygens (including phenoxy) is 2. The molecule has 158 valence electrons. The van der Waals surface area contributed by atoms with Crippen molar-refractivity contribution in [3.8, 4) is 11.5 Å². The predicted octanol–water partition coefficient (Wildman–Crippen LogP) is 4.19. The summed E-state index contributed by atoms with van der Waals surface area (Å²) in [6, 6.07) is 6.22. The van der Waals surface area contributed by atoms with Crippen molar-refractivity contribution in [2.24, 2.45) is 0 Å². The van der Waals surface area contributed by atoms with Gasteiger partial charge in [-0.25, -0.2) is 0 Å². The van der Waals surface area contributed by atoms with E-state index in [0.717, 1.165) is 50.4 Å². The van der Waals surface area contributed by atoms with Crippen molar-refractivity contribution >= 4 is 5.91 Å². The molecule has 0 radical (unpaired) electrons. The lowest BCUT2D eigenvalue weighted by Gasteiger charge is -2.27. The number of nitrogens with one attached hydrogen (secondary N) is 1. The van der Waals surface area contributed by atoms with Gasteiger partial charge in [0, 0.05) is 19.0 Å². The maximum absolute atomic E-state index is 12.5. The van der Waals surface area contributed by atoms with Gasteiger partial charge in [0.1, 0.15) is 13.2 Å². The van der Waals surface area contributed by atoms with Crippen LogP contribution >= 0.6 is 0 Å². The highest BCUT2D eigenvalue weighted by Crippen LogP contribution is 2.31. The molecule has 0 fully saturated rings. The number of amides is 1. The molecular weight excluding hydrogens is 352 g/mol. The van der Waals surface area contributed by atoms with Crippen molar-refractivity contribution in [3.63, 3.8) is 0 Å². The van der Waals surface area contributed by atoms with Gasteiger partial charge in [0.15, 0.2) is 11.5 Å². The van der Waals surface area contributed by atoms with Crippen LogP contribution in [0.4, 0.5) is 0 Å². The summed E-state index contributed by atoms with van der Waals surface area (Å²) in [5.74, 6) is 1.80. The number of hydrogen-bond acceptors (Lipinski definition) is 4. The van der Waals surface area contributed by atoms with Gasteiger partial charge in [-0.3, -0.25) is 4.79 Å². The molecule has 1 aromatic rings. The molecular formula is C23H38N2O3. The zero-order valence-electron chi connectivity index (χ0n) is 18.0. The number of nitrogens with zero attached hydrogens (tertiary/aromatic N) is 1. The number of hydrogen-bond donors (Lipinski definition) is 1. The Bertz CT molecular complexity index is 587. The van der Waals surface area contributed by atoms with Crippen LogP contribution in [-0.4, -0.2) is 49.7 Å². The monoisotopic (exact) mass is 390 g/mol. The number of carbonyl (C=O) groups excluding carboxylic acids is 1. The molecule has 1 amide bonds. The van der Waals surface area contributed by atoms with Crippen LogP contribution in [0.1, 0.15) is 64.9 Å². The molecule has 1 aliphatic heterocycles. The Morgan fingerprint density at radius 2 is 1.75 bits per heavy atom. The molecule has 0 unspecified atom stereocenters. The minimum atomic E-state index is 0.102. The van der Waals surface area contributed by atoms with Gasteiger partial charge in [0.2, 0.25) is 5.91 Å². The summed E-state index contributed by atoms with van der Waals surface area (Å²) in [6.45, 7) is 10.6. The Balaban J connectivity index is 1.93. The highest BCUT2D eigenvalue weighted by atomic mass is 16.6. The topological polar surface area (TPSA) is 50.8 Å². The van der Waals surface area contributed by atoms with Crippen molar-refractivity contribution in [1.82, 2.24) is 10.2 Å². The molecule has 2 rings (SSSR count). The van der Waals surface area contributed by atoms with E-state index in [1.54, 1.807) is 0 Å². The number of benzene rings is 1. The first-order chi connectivity index (χ1) is 13.7. The van der Waals surface area contributed by atoms with Gasteiger partial charge in [0.05, 0.1) is 0 Å². The second kappa shape index (κ2) is 12.7. The molecule has 5 nitrogen and oxygen atoms in total. The van der Waals surface area contributed by atoms with Crippen LogP contribution in [0.25, 0.3) is 0 Å². The Labute approximate surface area is 170 Å². The smallest absolute Gasteiger partial charge is 0.220 e. The van der Waals surface area contributed by atoms with Gasteiger partial charge in [-0.2, -0.15) is 0 Å². The first-order valence-corrected chi connectivity index (χ1v) is 11.1. The highest BCUT2D eigenvalue weighted by Gasteiger charge is 2.18. The quantitative estimate of drug-likeness (QED) is 0.513. The first-order valence-electron chi connectivity index (χ1n) is 11.1. The van der Waals surface area contributed by atoms with Crippen molar-refractivity contribution in [3.05, 3.63) is 23.8 Å². The minimum absolute atomic E-state index is 0.102. The Kier molecular flexibility index (Phi) is 10.2. The number of likely N-dealkylation sites (N-methyl/N-ethyl adjacent to an activating group) is 1. The third-order valence-electron chi connectivity index (χ3n) is 5.33. The van der Waals surface area contributed by atoms with Crippen LogP contribution in [0.3, 0.4) is 0 Å². The number of unbranched alkanes of at least 4 members (excludes halogenated alkanes) is 4. The summed E-state index contributed by atoms with van der Waals surface area (Å²) in [5, 5.41) is 3.28. The van der Waals surface area contributed by atoms with Crippen LogP contribution < -0.4 is 14.8 Å². The lowest BCUT2D eigenvalue weighted by atomic mass is 10.0. The molecule has 5 heteroatoms. The highest BCUT2D eigenvalue weighted by molar-refractivity contribution is 5.76. The van der Waals surface area contributed by atoms with E-state index in [1.165, 1.54) is 24.8 Å². The van der Waals surface area contributed by atoms with Crippen molar-refractivity contribution < 1.29 is 14.3 Å². The maximum atomic E-state index is 12.5. The van der Waals surface area contributed by atoms with E-state index in [1.807, 2.05) is 6.07 Å². The van der Waals surface area contributed by atoms with E-state index in [0.29, 0.717) is 19.6 Å². The van der Waals surface area contributed by atoms with Gasteiger partial charge in [0.25, 0.3) is 0 Å². The molecule has 1 heterocycles. The summed E-state index contributed by atoms with van der Waals surface area (Å²) in [5.41, 5.74) is 1.17. The van der Waals surface area contributed by atoms with Crippen molar-refractivity contribution in [2.45, 2.75) is 71.8 Å². The van der Waals surface area contributed by atoms with Gasteiger partial charge < -0.3 is 19.7 Å². The molecule has 0 saturated carbocycles. The third kappa shape index (κ3) is 7.70. The van der Waals surface area contributed by atoms with E-state index >= 15 is 0 Å². The fraction of sp³-hybridized carbons (Fsp3) is 0.696. The Morgan fingerprint density at radius 3 is 2.46 bits per heavy atom. The van der Waals surface area contributed by atoms with Crippen LogP contribution in [-0.2, 0) is 11.2 Å². The molecule has 0 aromatic heterocycles. The summed E-state index contributed by atoms with van der Waals surface area (Å²) in [6.07, 6.45) is 7.26. The molecule has 1 N–H and O–H groups in total. The van der Waals surface area contributed by atoms with Crippen molar-refractivity contribution in [2.75, 3.05) is 32.8 Å². The summed E-state index contributed by atoms with van der Waals surface area (Å²) in [7, 11) is 0. The molecule has 0 bridgehead atoms. The standard InChI is InChI=1S/C23H38N2O3/c1-4-7-8-9-10-11-23(26)24-20(18-25(5-2)6-3)16-19-12-13-21-22(17-19)28-15-14-27-21/h12-13,17,20H,4-11,14-16,18H2,1-3H3,(H,24,26)/t20-/m0/s1. The predicted molar refractivity (Wildman–Crippen MR) is 114 cm³/mol. The number of rotatable bonds is 13. The van der Waals surface area contributed by atoms with Gasteiger partial charge in [-0.05, 0) is 43.6 Å². The first kappa shape index (κ1) is 22.5. The SMILES string of the molecule is CCCCCCCC(=O)N[C@@H](Cc1ccc2c(c1)OCCO2)CN(CC)CC. The van der Waals surface area contributed by atoms with E-state index in [2.05, 4.69) is 43.1 Å². The molecule has 0 saturated heterocycles. The number of fused-ring (bicyclic) bond motifs is 1. The van der Waals surface area contributed by atoms with Crippen LogP contribution in [0.2, 0.25) is 0 Å². The minimum Gasteiger partial charge on any atom is -0.486 e. The normalized spacial score (nSPS) is 14.1. The Hall–Kier alpha value is -1.75. The maximum Gasteiger partial charge on any atom is 0.220 e. The van der Waals surface area contributed by atoms with Gasteiger partial charge in [-0.1, -0.05) is 52.5 Å². The van der Waals surface area contributed by atoms with Crippen LogP contribution in [0, 0.1) is 0 Å². The summed E-state index contributed by atoms with van der Waals surface area (Å²) in [4.78, 5) is 14.9. The lowest BCUT2D eigenvalue weighted by Crippen LogP contribution is -2.45. The lowest BCUT2D eigenvalue weighted by molar-refractivity contribution is -0.122. The molecule has 1 aliphatic rings. The van der Waals surface area contributed by atoms with Gasteiger partial charge >= 0.3 is 0 Å². The molecule has 1 atom stereocenters. The Morgan fingerprint density at radius 1 is 1.04 bits per heavy atom. The summed E-state index contributed by atoms with van der Waals surface area (Å²) >= 11 is 0. The fourth-order valence-corrected chi connectivity index (χ4v) is 3.64. The third-order valence-corrected chi connectivity index (χ3v) is 5.33. The second-order valence-corrected chi connectivity index (χ2v) is 7.60. The average Bonchev–Trinajstić information content (AvgIpc) is 2.71. The molecule has 0 spiro atoms. The molecule has 28 heavy (non-hydrogen) atoms. The van der Waals surface area contributed by atoms with E-state index < -0.39 is 0 Å². The zero-order chi connectivity index (χ0) is 20.2. The van der Waals surface area contributed by atoms with Crippen molar-refractivity contribution in [1.29, 1.82) is 0 Å². The van der Waals surface area contributed by atoms with E-state index in [-0.39, 0.29) is 11.9 Å². The van der Waals surface area contributed by atoms with E-state index in [4.69, 9.17) is 9.47 Å². The molecule has 1 aromatic carbocycles. The van der Waals surface area contributed by atoms with E-state index in [9.17, 15) is 4.79 Å². The second-order valence-electron chi connectivity index (χ2n) is 7.60. The van der Waals surface area contributed by atoms with Crippen LogP contribution in [0.15, 0.2) is 18.2 Å². The zero-order valence-corrected chi connectivity index (χ0v) is 18.0. The fourth-order valence-electron chi connectivity index (χ4n) is 3.64.